The normalized spacial score (nSPS) is 14.3. The highest BCUT2D eigenvalue weighted by Crippen LogP contribution is 2.16. The summed E-state index contributed by atoms with van der Waals surface area (Å²) in [5.74, 6) is -0.124. The third-order valence-electron chi connectivity index (χ3n) is 3.65. The van der Waals surface area contributed by atoms with Gasteiger partial charge in [-0.2, -0.15) is 0 Å². The molecule has 0 aromatic carbocycles. The van der Waals surface area contributed by atoms with Gasteiger partial charge in [0.25, 0.3) is 0 Å². The molecule has 0 saturated carbocycles. The molecule has 0 saturated heterocycles. The Kier molecular flexibility index (Phi) is 10.8. The average Bonchev–Trinajstić information content (AvgIpc) is 2.42. The van der Waals surface area contributed by atoms with E-state index in [4.69, 9.17) is 4.74 Å². The van der Waals surface area contributed by atoms with E-state index >= 15 is 0 Å². The molecular weight excluding hydrogens is 252 g/mol. The lowest BCUT2D eigenvalue weighted by molar-refractivity contribution is -0.150. The Morgan fingerprint density at radius 1 is 1.15 bits per heavy atom. The van der Waals surface area contributed by atoms with Crippen molar-refractivity contribution in [3.63, 3.8) is 0 Å². The van der Waals surface area contributed by atoms with Crippen LogP contribution < -0.4 is 5.32 Å². The van der Waals surface area contributed by atoms with Crippen LogP contribution in [-0.4, -0.2) is 49.7 Å². The van der Waals surface area contributed by atoms with Gasteiger partial charge < -0.3 is 15.0 Å². The molecule has 0 rings (SSSR count). The number of nitrogens with zero attached hydrogens (tertiary/aromatic N) is 1. The summed E-state index contributed by atoms with van der Waals surface area (Å²) in [4.78, 5) is 14.4. The molecular formula is C16H34N2O2. The fourth-order valence-electron chi connectivity index (χ4n) is 2.34. The van der Waals surface area contributed by atoms with Gasteiger partial charge in [-0.15, -0.1) is 0 Å². The number of esters is 1. The second-order valence-corrected chi connectivity index (χ2v) is 5.70. The van der Waals surface area contributed by atoms with Crippen molar-refractivity contribution in [3.8, 4) is 0 Å². The molecule has 0 aliphatic carbocycles. The number of unbranched alkanes of at least 4 members (excludes halogenated alkanes) is 2. The maximum Gasteiger partial charge on any atom is 0.326 e. The van der Waals surface area contributed by atoms with Crippen molar-refractivity contribution < 1.29 is 9.53 Å². The third-order valence-corrected chi connectivity index (χ3v) is 3.65. The number of rotatable bonds is 12. The van der Waals surface area contributed by atoms with E-state index < -0.39 is 5.54 Å². The summed E-state index contributed by atoms with van der Waals surface area (Å²) in [5, 5.41) is 3.28. The van der Waals surface area contributed by atoms with E-state index in [-0.39, 0.29) is 5.97 Å². The first-order chi connectivity index (χ1) is 9.50. The van der Waals surface area contributed by atoms with Crippen LogP contribution in [0, 0.1) is 0 Å². The van der Waals surface area contributed by atoms with Crippen molar-refractivity contribution in [1.29, 1.82) is 0 Å². The molecule has 0 bridgehead atoms. The van der Waals surface area contributed by atoms with Crippen molar-refractivity contribution in [1.82, 2.24) is 10.2 Å². The molecule has 0 aliphatic rings. The maximum absolute atomic E-state index is 12.0. The molecule has 1 N–H and O–H groups in total. The van der Waals surface area contributed by atoms with E-state index in [0.29, 0.717) is 6.61 Å². The number of likely N-dealkylation sites (N-methyl/N-ethyl adjacent to an activating group) is 1. The van der Waals surface area contributed by atoms with Crippen molar-refractivity contribution in [2.24, 2.45) is 0 Å². The average molecular weight is 286 g/mol. The zero-order chi connectivity index (χ0) is 15.4. The highest BCUT2D eigenvalue weighted by Gasteiger charge is 2.32. The summed E-state index contributed by atoms with van der Waals surface area (Å²) in [6.07, 6.45) is 5.50. The van der Waals surface area contributed by atoms with Gasteiger partial charge >= 0.3 is 5.97 Å². The molecule has 20 heavy (non-hydrogen) atoms. The lowest BCUT2D eigenvalue weighted by Gasteiger charge is -2.28. The first-order valence-corrected chi connectivity index (χ1v) is 8.11. The molecule has 1 unspecified atom stereocenters. The molecule has 4 nitrogen and oxygen atoms in total. The van der Waals surface area contributed by atoms with Gasteiger partial charge in [-0.3, -0.25) is 4.79 Å². The van der Waals surface area contributed by atoms with Crippen LogP contribution in [0.4, 0.5) is 0 Å². The van der Waals surface area contributed by atoms with Gasteiger partial charge in [0.2, 0.25) is 0 Å². The monoisotopic (exact) mass is 286 g/mol. The van der Waals surface area contributed by atoms with E-state index in [1.807, 2.05) is 20.8 Å². The Morgan fingerprint density at radius 2 is 1.80 bits per heavy atom. The minimum Gasteiger partial charge on any atom is -0.465 e. The fraction of sp³-hybridized carbons (Fsp3) is 0.938. The van der Waals surface area contributed by atoms with Gasteiger partial charge in [0, 0.05) is 0 Å². The quantitative estimate of drug-likeness (QED) is 0.442. The van der Waals surface area contributed by atoms with E-state index in [1.54, 1.807) is 0 Å². The van der Waals surface area contributed by atoms with Crippen molar-refractivity contribution in [3.05, 3.63) is 0 Å². The molecule has 0 amide bonds. The lowest BCUT2D eigenvalue weighted by atomic mass is 9.94. The molecule has 0 aromatic heterocycles. The van der Waals surface area contributed by atoms with Crippen LogP contribution >= 0.6 is 0 Å². The van der Waals surface area contributed by atoms with Crippen molar-refractivity contribution in [2.75, 3.05) is 33.3 Å². The SMILES string of the molecule is CCCCN(C)CCCCC(C)(NCC)C(=O)OCC. The second-order valence-electron chi connectivity index (χ2n) is 5.70. The van der Waals surface area contributed by atoms with Crippen LogP contribution in [-0.2, 0) is 9.53 Å². The number of hydrogen-bond donors (Lipinski definition) is 1. The number of ether oxygens (including phenoxy) is 1. The molecule has 0 spiro atoms. The Labute approximate surface area is 125 Å². The Morgan fingerprint density at radius 3 is 2.35 bits per heavy atom. The number of carbonyl (C=O) groups is 1. The van der Waals surface area contributed by atoms with Gasteiger partial charge in [0.05, 0.1) is 6.61 Å². The maximum atomic E-state index is 12.0. The molecule has 4 heteroatoms. The van der Waals surface area contributed by atoms with Crippen LogP contribution in [0.3, 0.4) is 0 Å². The van der Waals surface area contributed by atoms with Crippen molar-refractivity contribution in [2.45, 2.75) is 65.3 Å². The van der Waals surface area contributed by atoms with Gasteiger partial charge in [-0.05, 0) is 66.2 Å². The molecule has 120 valence electrons. The van der Waals surface area contributed by atoms with Gasteiger partial charge in [0.15, 0.2) is 0 Å². The standard InChI is InChI=1S/C16H34N2O2/c1-6-9-13-18(5)14-11-10-12-16(4,17-7-2)15(19)20-8-3/h17H,6-14H2,1-5H3. The molecule has 0 radical (unpaired) electrons. The second kappa shape index (κ2) is 11.1. The summed E-state index contributed by atoms with van der Waals surface area (Å²) >= 11 is 0. The van der Waals surface area contributed by atoms with E-state index in [9.17, 15) is 4.79 Å². The fourth-order valence-corrected chi connectivity index (χ4v) is 2.34. The topological polar surface area (TPSA) is 41.6 Å². The number of carbonyl (C=O) groups excluding carboxylic acids is 1. The number of nitrogens with one attached hydrogen (secondary N) is 1. The predicted molar refractivity (Wildman–Crippen MR) is 85.0 cm³/mol. The van der Waals surface area contributed by atoms with E-state index in [2.05, 4.69) is 24.2 Å². The Hall–Kier alpha value is -0.610. The van der Waals surface area contributed by atoms with Gasteiger partial charge in [0.1, 0.15) is 5.54 Å². The summed E-state index contributed by atoms with van der Waals surface area (Å²) in [5.41, 5.74) is -0.535. The number of hydrogen-bond acceptors (Lipinski definition) is 4. The van der Waals surface area contributed by atoms with Gasteiger partial charge in [-0.1, -0.05) is 20.3 Å². The van der Waals surface area contributed by atoms with Crippen molar-refractivity contribution >= 4 is 5.97 Å². The zero-order valence-corrected chi connectivity index (χ0v) is 14.1. The Balaban J connectivity index is 4.05. The zero-order valence-electron chi connectivity index (χ0n) is 14.1. The summed E-state index contributed by atoms with van der Waals surface area (Å²) < 4.78 is 5.18. The summed E-state index contributed by atoms with van der Waals surface area (Å²) in [6.45, 7) is 11.5. The smallest absolute Gasteiger partial charge is 0.326 e. The minimum absolute atomic E-state index is 0.124. The third kappa shape index (κ3) is 7.85. The summed E-state index contributed by atoms with van der Waals surface area (Å²) in [7, 11) is 2.17. The van der Waals surface area contributed by atoms with Crippen LogP contribution in [0.1, 0.15) is 59.8 Å². The van der Waals surface area contributed by atoms with E-state index in [0.717, 1.165) is 32.4 Å². The predicted octanol–water partition coefficient (Wildman–Crippen LogP) is 2.82. The first kappa shape index (κ1) is 19.4. The highest BCUT2D eigenvalue weighted by molar-refractivity contribution is 5.80. The van der Waals surface area contributed by atoms with Crippen LogP contribution in [0.2, 0.25) is 0 Å². The molecule has 0 fully saturated rings. The molecule has 0 aliphatic heterocycles. The molecule has 0 aromatic rings. The largest absolute Gasteiger partial charge is 0.465 e. The van der Waals surface area contributed by atoms with E-state index in [1.165, 1.54) is 19.4 Å². The molecule has 1 atom stereocenters. The van der Waals surface area contributed by atoms with Gasteiger partial charge in [-0.25, -0.2) is 0 Å². The lowest BCUT2D eigenvalue weighted by Crippen LogP contribution is -2.50. The first-order valence-electron chi connectivity index (χ1n) is 8.11. The van der Waals surface area contributed by atoms with Crippen LogP contribution in [0.25, 0.3) is 0 Å². The Bertz CT molecular complexity index is 259. The van der Waals surface area contributed by atoms with Crippen LogP contribution in [0.15, 0.2) is 0 Å². The molecule has 0 heterocycles. The minimum atomic E-state index is -0.535. The van der Waals surface area contributed by atoms with Crippen LogP contribution in [0.5, 0.6) is 0 Å². The highest BCUT2D eigenvalue weighted by atomic mass is 16.5. The summed E-state index contributed by atoms with van der Waals surface area (Å²) in [6, 6.07) is 0.